The van der Waals surface area contributed by atoms with Gasteiger partial charge in [-0.25, -0.2) is 0 Å². The molecule has 0 bridgehead atoms. The highest BCUT2D eigenvalue weighted by molar-refractivity contribution is 5.94. The van der Waals surface area contributed by atoms with E-state index in [1.165, 1.54) is 0 Å². The molecule has 1 fully saturated rings. The number of hydrogen-bond acceptors (Lipinski definition) is 6. The lowest BCUT2D eigenvalue weighted by molar-refractivity contribution is 0.0765. The lowest BCUT2D eigenvalue weighted by Crippen LogP contribution is -2.39. The number of benzene rings is 1. The van der Waals surface area contributed by atoms with Crippen LogP contribution in [0.2, 0.25) is 0 Å². The number of β-amino-alcohol motifs (C(OH)–C–C–N with tert-alkyl or cyclic N) is 1. The van der Waals surface area contributed by atoms with Crippen molar-refractivity contribution in [3.8, 4) is 5.75 Å². The Morgan fingerprint density at radius 1 is 1.28 bits per heavy atom. The Kier molecular flexibility index (Phi) is 5.25. The third kappa shape index (κ3) is 4.12. The van der Waals surface area contributed by atoms with Gasteiger partial charge in [-0.3, -0.25) is 14.8 Å². The predicted molar refractivity (Wildman–Crippen MR) is 92.3 cm³/mol. The summed E-state index contributed by atoms with van der Waals surface area (Å²) in [4.78, 5) is 22.7. The van der Waals surface area contributed by atoms with E-state index < -0.39 is 6.10 Å². The lowest BCUT2D eigenvalue weighted by Gasteiger charge is -2.17. The van der Waals surface area contributed by atoms with E-state index in [2.05, 4.69) is 15.3 Å². The number of likely N-dealkylation sites (tertiary alicyclic amines) is 1. The van der Waals surface area contributed by atoms with Crippen LogP contribution < -0.4 is 10.1 Å². The molecule has 0 unspecified atom stereocenters. The summed E-state index contributed by atoms with van der Waals surface area (Å²) in [6.07, 6.45) is 2.81. The van der Waals surface area contributed by atoms with E-state index >= 15 is 0 Å². The Morgan fingerprint density at radius 3 is 2.68 bits per heavy atom. The smallest absolute Gasteiger partial charge is 0.254 e. The number of methoxy groups -OCH3 is 1. The van der Waals surface area contributed by atoms with Crippen LogP contribution in [0.15, 0.2) is 36.7 Å². The third-order valence-corrected chi connectivity index (χ3v) is 4.29. The number of aliphatic hydroxyl groups is 1. The molecule has 7 nitrogen and oxygen atoms in total. The molecule has 2 atom stereocenters. The van der Waals surface area contributed by atoms with Gasteiger partial charge >= 0.3 is 0 Å². The first-order valence-corrected chi connectivity index (χ1v) is 8.19. The maximum absolute atomic E-state index is 12.6. The number of amides is 1. The lowest BCUT2D eigenvalue weighted by atomic mass is 10.2. The number of ether oxygens (including phenoxy) is 1. The Labute approximate surface area is 146 Å². The fourth-order valence-corrected chi connectivity index (χ4v) is 2.82. The number of aryl methyl sites for hydroxylation is 1. The zero-order valence-corrected chi connectivity index (χ0v) is 14.3. The molecule has 2 N–H and O–H groups in total. The number of hydrogen-bond donors (Lipinski definition) is 2. The second kappa shape index (κ2) is 7.58. The average Bonchev–Trinajstić information content (AvgIpc) is 3.01. The first-order chi connectivity index (χ1) is 12.1. The summed E-state index contributed by atoms with van der Waals surface area (Å²) in [5.74, 6) is 0.609. The molecular weight excluding hydrogens is 320 g/mol. The molecule has 2 aromatic rings. The van der Waals surface area contributed by atoms with Crippen LogP contribution in [0.5, 0.6) is 5.75 Å². The largest absolute Gasteiger partial charge is 0.497 e. The van der Waals surface area contributed by atoms with Gasteiger partial charge in [0, 0.05) is 37.6 Å². The van der Waals surface area contributed by atoms with Crippen LogP contribution >= 0.6 is 0 Å². The highest BCUT2D eigenvalue weighted by atomic mass is 16.5. The molecule has 1 aliphatic rings. The van der Waals surface area contributed by atoms with E-state index in [9.17, 15) is 9.90 Å². The Balaban J connectivity index is 1.58. The van der Waals surface area contributed by atoms with Gasteiger partial charge in [-0.2, -0.15) is 0 Å². The van der Waals surface area contributed by atoms with Crippen LogP contribution in [0.4, 0.5) is 0 Å². The van der Waals surface area contributed by atoms with E-state index in [1.54, 1.807) is 48.7 Å². The van der Waals surface area contributed by atoms with Gasteiger partial charge in [0.2, 0.25) is 0 Å². The molecule has 1 saturated heterocycles. The number of aromatic nitrogens is 2. The van der Waals surface area contributed by atoms with Crippen molar-refractivity contribution < 1.29 is 14.6 Å². The molecule has 1 aliphatic heterocycles. The Hall–Kier alpha value is -2.51. The van der Waals surface area contributed by atoms with Gasteiger partial charge < -0.3 is 20.1 Å². The van der Waals surface area contributed by atoms with Crippen molar-refractivity contribution in [2.75, 3.05) is 20.2 Å². The number of nitrogens with zero attached hydrogens (tertiary/aromatic N) is 3. The maximum Gasteiger partial charge on any atom is 0.254 e. The van der Waals surface area contributed by atoms with Crippen molar-refractivity contribution in [2.24, 2.45) is 0 Å². The molecule has 0 spiro atoms. The fraction of sp³-hybridized carbons (Fsp3) is 0.389. The summed E-state index contributed by atoms with van der Waals surface area (Å²) in [5, 5.41) is 13.5. The summed E-state index contributed by atoms with van der Waals surface area (Å²) < 4.78 is 5.10. The first-order valence-electron chi connectivity index (χ1n) is 8.19. The molecule has 2 heterocycles. The molecule has 1 aromatic heterocycles. The maximum atomic E-state index is 12.6. The van der Waals surface area contributed by atoms with E-state index in [0.29, 0.717) is 30.9 Å². The summed E-state index contributed by atoms with van der Waals surface area (Å²) in [7, 11) is 1.59. The minimum absolute atomic E-state index is 0.0962. The summed E-state index contributed by atoms with van der Waals surface area (Å²) in [6, 6.07) is 6.79. The van der Waals surface area contributed by atoms with Crippen molar-refractivity contribution in [3.63, 3.8) is 0 Å². The normalized spacial score (nSPS) is 19.9. The van der Waals surface area contributed by atoms with Crippen molar-refractivity contribution in [3.05, 3.63) is 53.6 Å². The van der Waals surface area contributed by atoms with Gasteiger partial charge in [0.05, 0.1) is 30.6 Å². The SMILES string of the molecule is COc1ccc(C(=O)N2C[C@@H](O)[C@H](NCc3cnc(C)cn3)C2)cc1. The highest BCUT2D eigenvalue weighted by Gasteiger charge is 2.34. The number of nitrogens with one attached hydrogen (secondary N) is 1. The highest BCUT2D eigenvalue weighted by Crippen LogP contribution is 2.17. The van der Waals surface area contributed by atoms with Gasteiger partial charge in [-0.15, -0.1) is 0 Å². The third-order valence-electron chi connectivity index (χ3n) is 4.29. The number of carbonyl (C=O) groups is 1. The topological polar surface area (TPSA) is 87.6 Å². The second-order valence-corrected chi connectivity index (χ2v) is 6.14. The van der Waals surface area contributed by atoms with Crippen LogP contribution in [0.1, 0.15) is 21.7 Å². The van der Waals surface area contributed by atoms with Crippen LogP contribution in [-0.4, -0.2) is 58.2 Å². The monoisotopic (exact) mass is 342 g/mol. The minimum atomic E-state index is -0.611. The van der Waals surface area contributed by atoms with Crippen LogP contribution in [0, 0.1) is 6.92 Å². The summed E-state index contributed by atoms with van der Waals surface area (Å²) >= 11 is 0. The molecule has 0 aliphatic carbocycles. The van der Waals surface area contributed by atoms with Gasteiger partial charge in [0.15, 0.2) is 0 Å². The molecule has 7 heteroatoms. The van der Waals surface area contributed by atoms with Gasteiger partial charge in [-0.1, -0.05) is 0 Å². The molecular formula is C18H22N4O3. The van der Waals surface area contributed by atoms with Crippen molar-refractivity contribution >= 4 is 5.91 Å². The zero-order chi connectivity index (χ0) is 17.8. The van der Waals surface area contributed by atoms with Crippen LogP contribution in [0.3, 0.4) is 0 Å². The average molecular weight is 342 g/mol. The molecule has 1 amide bonds. The first kappa shape index (κ1) is 17.3. The molecule has 0 radical (unpaired) electrons. The number of aliphatic hydroxyl groups excluding tert-OH is 1. The van der Waals surface area contributed by atoms with Crippen molar-refractivity contribution in [1.82, 2.24) is 20.2 Å². The molecule has 3 rings (SSSR count). The minimum Gasteiger partial charge on any atom is -0.497 e. The molecule has 1 aromatic carbocycles. The Bertz CT molecular complexity index is 718. The summed E-state index contributed by atoms with van der Waals surface area (Å²) in [5.41, 5.74) is 2.25. The van der Waals surface area contributed by atoms with Crippen molar-refractivity contribution in [2.45, 2.75) is 25.6 Å². The predicted octanol–water partition coefficient (Wildman–Crippen LogP) is 0.769. The molecule has 25 heavy (non-hydrogen) atoms. The van der Waals surface area contributed by atoms with Crippen molar-refractivity contribution in [1.29, 1.82) is 0 Å². The van der Waals surface area contributed by atoms with Gasteiger partial charge in [0.1, 0.15) is 5.75 Å². The number of rotatable bonds is 5. The molecule has 0 saturated carbocycles. The van der Waals surface area contributed by atoms with Gasteiger partial charge in [-0.05, 0) is 31.2 Å². The quantitative estimate of drug-likeness (QED) is 0.834. The van der Waals surface area contributed by atoms with E-state index in [1.807, 2.05) is 6.92 Å². The standard InChI is InChI=1S/C18H22N4O3/c1-12-7-20-14(8-19-12)9-21-16-10-22(11-17(16)23)18(24)13-3-5-15(25-2)6-4-13/h3-8,16-17,21,23H,9-11H2,1-2H3/t16-,17-/m1/s1. The van der Waals surface area contributed by atoms with E-state index in [-0.39, 0.29) is 11.9 Å². The summed E-state index contributed by atoms with van der Waals surface area (Å²) in [6.45, 7) is 3.14. The zero-order valence-electron chi connectivity index (χ0n) is 14.3. The van der Waals surface area contributed by atoms with Crippen LogP contribution in [0.25, 0.3) is 0 Å². The number of carbonyl (C=O) groups excluding carboxylic acids is 1. The van der Waals surface area contributed by atoms with Gasteiger partial charge in [0.25, 0.3) is 5.91 Å². The van der Waals surface area contributed by atoms with Crippen LogP contribution in [-0.2, 0) is 6.54 Å². The Morgan fingerprint density at radius 2 is 2.04 bits per heavy atom. The van der Waals surface area contributed by atoms with E-state index in [4.69, 9.17) is 4.74 Å². The fourth-order valence-electron chi connectivity index (χ4n) is 2.82. The van der Waals surface area contributed by atoms with E-state index in [0.717, 1.165) is 11.4 Å². The molecule has 132 valence electrons. The second-order valence-electron chi connectivity index (χ2n) is 6.14.